The first kappa shape index (κ1) is 16.3. The number of aromatic nitrogens is 1. The largest absolute Gasteiger partial charge is 0.460 e. The highest BCUT2D eigenvalue weighted by molar-refractivity contribution is 14.1. The summed E-state index contributed by atoms with van der Waals surface area (Å²) in [6, 6.07) is 5.51. The predicted octanol–water partition coefficient (Wildman–Crippen LogP) is 4.90. The lowest BCUT2D eigenvalue weighted by atomic mass is 10.1. The molecule has 0 aliphatic rings. The number of carbonyl (C=O) groups is 1. The standard InChI is InChI=1S/C15H15ClINO3/c1-4-20-15(19)13-12(8(2)3)18-14(21-13)9-5-6-11(17)10(16)7-9/h5-8H,4H2,1-3H3. The smallest absolute Gasteiger partial charge is 0.376 e. The third kappa shape index (κ3) is 3.58. The second kappa shape index (κ2) is 6.79. The van der Waals surface area contributed by atoms with Gasteiger partial charge in [-0.1, -0.05) is 25.4 Å². The van der Waals surface area contributed by atoms with E-state index in [0.717, 1.165) is 9.13 Å². The molecule has 0 atom stereocenters. The maximum absolute atomic E-state index is 12.0. The van der Waals surface area contributed by atoms with Crippen LogP contribution >= 0.6 is 34.2 Å². The van der Waals surface area contributed by atoms with Crippen LogP contribution < -0.4 is 0 Å². The molecule has 0 saturated heterocycles. The quantitative estimate of drug-likeness (QED) is 0.522. The lowest BCUT2D eigenvalue weighted by molar-refractivity contribution is 0.0488. The molecule has 2 aromatic rings. The van der Waals surface area contributed by atoms with Crippen molar-refractivity contribution in [3.8, 4) is 11.5 Å². The van der Waals surface area contributed by atoms with Crippen molar-refractivity contribution in [1.82, 2.24) is 4.98 Å². The summed E-state index contributed by atoms with van der Waals surface area (Å²) in [5.74, 6) is 0.106. The summed E-state index contributed by atoms with van der Waals surface area (Å²) in [5, 5.41) is 0.620. The van der Waals surface area contributed by atoms with Gasteiger partial charge in [0.25, 0.3) is 0 Å². The molecule has 0 aliphatic heterocycles. The second-order valence-electron chi connectivity index (χ2n) is 4.74. The van der Waals surface area contributed by atoms with Gasteiger partial charge in [-0.15, -0.1) is 0 Å². The first-order valence-corrected chi connectivity index (χ1v) is 8.03. The minimum Gasteiger partial charge on any atom is -0.460 e. The molecule has 2 rings (SSSR count). The van der Waals surface area contributed by atoms with E-state index in [-0.39, 0.29) is 11.7 Å². The highest BCUT2D eigenvalue weighted by Gasteiger charge is 2.24. The second-order valence-corrected chi connectivity index (χ2v) is 6.31. The number of oxazole rings is 1. The Balaban J connectivity index is 2.48. The molecule has 4 nitrogen and oxygen atoms in total. The van der Waals surface area contributed by atoms with Crippen molar-refractivity contribution >= 4 is 40.2 Å². The number of halogens is 2. The normalized spacial score (nSPS) is 11.0. The van der Waals surface area contributed by atoms with Crippen molar-refractivity contribution in [1.29, 1.82) is 0 Å². The summed E-state index contributed by atoms with van der Waals surface area (Å²) in [6.07, 6.45) is 0. The number of benzene rings is 1. The fourth-order valence-corrected chi connectivity index (χ4v) is 2.33. The number of hydrogen-bond acceptors (Lipinski definition) is 4. The molecule has 112 valence electrons. The molecular formula is C15H15ClINO3. The zero-order valence-electron chi connectivity index (χ0n) is 11.9. The van der Waals surface area contributed by atoms with E-state index in [2.05, 4.69) is 27.6 Å². The number of ether oxygens (including phenoxy) is 1. The van der Waals surface area contributed by atoms with E-state index >= 15 is 0 Å². The highest BCUT2D eigenvalue weighted by Crippen LogP contribution is 2.30. The van der Waals surface area contributed by atoms with Crippen LogP contribution in [0.25, 0.3) is 11.5 Å². The van der Waals surface area contributed by atoms with Gasteiger partial charge in [0.1, 0.15) is 0 Å². The number of rotatable bonds is 4. The minimum absolute atomic E-state index is 0.0567. The lowest BCUT2D eigenvalue weighted by Gasteiger charge is -2.02. The summed E-state index contributed by atoms with van der Waals surface area (Å²) in [6.45, 7) is 5.95. The van der Waals surface area contributed by atoms with Gasteiger partial charge in [-0.3, -0.25) is 0 Å². The molecule has 0 spiro atoms. The maximum Gasteiger partial charge on any atom is 0.376 e. The first-order chi connectivity index (χ1) is 9.93. The topological polar surface area (TPSA) is 52.3 Å². The molecule has 0 radical (unpaired) electrons. The third-order valence-corrected chi connectivity index (χ3v) is 4.40. The molecule has 1 aromatic carbocycles. The fourth-order valence-electron chi connectivity index (χ4n) is 1.82. The Morgan fingerprint density at radius 3 is 2.76 bits per heavy atom. The van der Waals surface area contributed by atoms with Crippen LogP contribution in [-0.2, 0) is 4.74 Å². The molecule has 1 aromatic heterocycles. The van der Waals surface area contributed by atoms with Crippen LogP contribution in [0.15, 0.2) is 22.6 Å². The van der Waals surface area contributed by atoms with Gasteiger partial charge in [0.2, 0.25) is 11.7 Å². The molecule has 0 fully saturated rings. The number of esters is 1. The summed E-state index contributed by atoms with van der Waals surface area (Å²) in [5.41, 5.74) is 1.33. The van der Waals surface area contributed by atoms with Crippen LogP contribution in [0.2, 0.25) is 5.02 Å². The molecule has 0 bridgehead atoms. The zero-order chi connectivity index (χ0) is 15.6. The van der Waals surface area contributed by atoms with Crippen LogP contribution in [0.5, 0.6) is 0 Å². The van der Waals surface area contributed by atoms with Crippen molar-refractivity contribution in [2.45, 2.75) is 26.7 Å². The van der Waals surface area contributed by atoms with E-state index in [1.165, 1.54) is 0 Å². The van der Waals surface area contributed by atoms with Crippen LogP contribution in [0.4, 0.5) is 0 Å². The molecule has 0 unspecified atom stereocenters. The van der Waals surface area contributed by atoms with Gasteiger partial charge in [-0.2, -0.15) is 0 Å². The fraction of sp³-hybridized carbons (Fsp3) is 0.333. The number of hydrogen-bond donors (Lipinski definition) is 0. The molecule has 0 amide bonds. The SMILES string of the molecule is CCOC(=O)c1oc(-c2ccc(I)c(Cl)c2)nc1C(C)C. The highest BCUT2D eigenvalue weighted by atomic mass is 127. The summed E-state index contributed by atoms with van der Waals surface area (Å²) >= 11 is 8.26. The van der Waals surface area contributed by atoms with Crippen molar-refractivity contribution < 1.29 is 13.9 Å². The van der Waals surface area contributed by atoms with Gasteiger partial charge in [0, 0.05) is 9.13 Å². The summed E-state index contributed by atoms with van der Waals surface area (Å²) in [7, 11) is 0. The van der Waals surface area contributed by atoms with E-state index in [1.807, 2.05) is 26.0 Å². The summed E-state index contributed by atoms with van der Waals surface area (Å²) < 4.78 is 11.6. The van der Waals surface area contributed by atoms with Crippen molar-refractivity contribution in [2.24, 2.45) is 0 Å². The molecule has 21 heavy (non-hydrogen) atoms. The molecule has 6 heteroatoms. The van der Waals surface area contributed by atoms with Gasteiger partial charge in [0.05, 0.1) is 17.3 Å². The Morgan fingerprint density at radius 2 is 2.19 bits per heavy atom. The summed E-state index contributed by atoms with van der Waals surface area (Å²) in [4.78, 5) is 16.4. The predicted molar refractivity (Wildman–Crippen MR) is 89.7 cm³/mol. The minimum atomic E-state index is -0.489. The van der Waals surface area contributed by atoms with Crippen LogP contribution in [0.3, 0.4) is 0 Å². The number of nitrogens with zero attached hydrogens (tertiary/aromatic N) is 1. The van der Waals surface area contributed by atoms with Crippen LogP contribution in [0.1, 0.15) is 42.9 Å². The molecule has 0 saturated carbocycles. The van der Waals surface area contributed by atoms with E-state index < -0.39 is 5.97 Å². The van der Waals surface area contributed by atoms with E-state index in [9.17, 15) is 4.79 Å². The van der Waals surface area contributed by atoms with Crippen molar-refractivity contribution in [3.05, 3.63) is 38.2 Å². The van der Waals surface area contributed by atoms with E-state index in [1.54, 1.807) is 13.0 Å². The molecule has 0 N–H and O–H groups in total. The third-order valence-electron chi connectivity index (χ3n) is 2.83. The van der Waals surface area contributed by atoms with Gasteiger partial charge in [-0.05, 0) is 53.6 Å². The van der Waals surface area contributed by atoms with E-state index in [0.29, 0.717) is 23.2 Å². The Morgan fingerprint density at radius 1 is 1.48 bits per heavy atom. The van der Waals surface area contributed by atoms with Crippen LogP contribution in [-0.4, -0.2) is 17.6 Å². The molecular weight excluding hydrogens is 405 g/mol. The lowest BCUT2D eigenvalue weighted by Crippen LogP contribution is -2.07. The Hall–Kier alpha value is -1.08. The average Bonchev–Trinajstić information content (AvgIpc) is 2.87. The van der Waals surface area contributed by atoms with Gasteiger partial charge < -0.3 is 9.15 Å². The Labute approximate surface area is 142 Å². The molecule has 0 aliphatic carbocycles. The van der Waals surface area contributed by atoms with Gasteiger partial charge in [-0.25, -0.2) is 9.78 Å². The van der Waals surface area contributed by atoms with Gasteiger partial charge in [0.15, 0.2) is 0 Å². The monoisotopic (exact) mass is 419 g/mol. The van der Waals surface area contributed by atoms with Crippen LogP contribution in [0, 0.1) is 3.57 Å². The maximum atomic E-state index is 12.0. The first-order valence-electron chi connectivity index (χ1n) is 6.57. The van der Waals surface area contributed by atoms with E-state index in [4.69, 9.17) is 20.8 Å². The molecule has 1 heterocycles. The average molecular weight is 420 g/mol. The Bertz CT molecular complexity index is 667. The van der Waals surface area contributed by atoms with Crippen molar-refractivity contribution in [3.63, 3.8) is 0 Å². The Kier molecular flexibility index (Phi) is 5.27. The zero-order valence-corrected chi connectivity index (χ0v) is 14.9. The van der Waals surface area contributed by atoms with Crippen molar-refractivity contribution in [2.75, 3.05) is 6.61 Å². The number of carbonyl (C=O) groups excluding carboxylic acids is 1. The van der Waals surface area contributed by atoms with Gasteiger partial charge >= 0.3 is 5.97 Å².